The van der Waals surface area contributed by atoms with Crippen LogP contribution in [-0.4, -0.2) is 34.3 Å². The van der Waals surface area contributed by atoms with Gasteiger partial charge in [0.05, 0.1) is 22.4 Å². The van der Waals surface area contributed by atoms with E-state index in [1.807, 2.05) is 30.3 Å². The van der Waals surface area contributed by atoms with Crippen molar-refractivity contribution in [3.8, 4) is 5.75 Å². The standard InChI is InChI=1S/C23H18Cl2N4O3S/c24-16-10-19(25)22(30)21(11-16)33(31,32)29-8-6-18-15(13-29)5-7-26-23(18)28-17-9-14-3-1-2-4-20(14)27-12-17/h1-5,7,9-12,30H,6,8,13H2,(H,26,28). The summed E-state index contributed by atoms with van der Waals surface area (Å²) in [5.41, 5.74) is 3.45. The number of hydrogen-bond acceptors (Lipinski definition) is 6. The van der Waals surface area contributed by atoms with E-state index < -0.39 is 15.8 Å². The number of aromatic hydroxyl groups is 1. The third-order valence-corrected chi connectivity index (χ3v) is 7.94. The van der Waals surface area contributed by atoms with Gasteiger partial charge < -0.3 is 10.4 Å². The second kappa shape index (κ2) is 8.46. The molecule has 0 radical (unpaired) electrons. The zero-order valence-corrected chi connectivity index (χ0v) is 19.5. The quantitative estimate of drug-likeness (QED) is 0.403. The Bertz CT molecular complexity index is 1490. The molecule has 0 aliphatic carbocycles. The molecule has 1 aliphatic rings. The van der Waals surface area contributed by atoms with Gasteiger partial charge in [-0.1, -0.05) is 41.4 Å². The smallest absolute Gasteiger partial charge is 0.247 e. The highest BCUT2D eigenvalue weighted by Crippen LogP contribution is 2.37. The van der Waals surface area contributed by atoms with E-state index in [2.05, 4.69) is 15.3 Å². The van der Waals surface area contributed by atoms with Gasteiger partial charge in [0.25, 0.3) is 0 Å². The van der Waals surface area contributed by atoms with Gasteiger partial charge in [-0.3, -0.25) is 4.98 Å². The van der Waals surface area contributed by atoms with Gasteiger partial charge in [0.15, 0.2) is 5.75 Å². The van der Waals surface area contributed by atoms with Crippen molar-refractivity contribution in [2.75, 3.05) is 11.9 Å². The molecule has 4 aromatic rings. The van der Waals surface area contributed by atoms with E-state index in [0.29, 0.717) is 12.2 Å². The first kappa shape index (κ1) is 21.9. The molecule has 2 aromatic heterocycles. The lowest BCUT2D eigenvalue weighted by molar-refractivity contribution is 0.386. The molecule has 168 valence electrons. The van der Waals surface area contributed by atoms with Crippen LogP contribution < -0.4 is 5.32 Å². The zero-order valence-electron chi connectivity index (χ0n) is 17.2. The van der Waals surface area contributed by atoms with Crippen molar-refractivity contribution in [1.82, 2.24) is 14.3 Å². The van der Waals surface area contributed by atoms with Crippen LogP contribution in [0.4, 0.5) is 11.5 Å². The fraction of sp³-hybridized carbons (Fsp3) is 0.130. The lowest BCUT2D eigenvalue weighted by atomic mass is 10.0. The average molecular weight is 501 g/mol. The van der Waals surface area contributed by atoms with Crippen molar-refractivity contribution in [3.63, 3.8) is 0 Å². The van der Waals surface area contributed by atoms with Crippen LogP contribution in [0.5, 0.6) is 5.75 Å². The number of hydrogen-bond donors (Lipinski definition) is 2. The van der Waals surface area contributed by atoms with Gasteiger partial charge in [-0.25, -0.2) is 13.4 Å². The molecule has 0 unspecified atom stereocenters. The Labute approximate surface area is 200 Å². The van der Waals surface area contributed by atoms with Crippen LogP contribution in [0.15, 0.2) is 65.8 Å². The van der Waals surface area contributed by atoms with Crippen molar-refractivity contribution < 1.29 is 13.5 Å². The van der Waals surface area contributed by atoms with Crippen molar-refractivity contribution in [3.05, 3.63) is 82.1 Å². The number of rotatable bonds is 4. The van der Waals surface area contributed by atoms with Crippen LogP contribution in [0.1, 0.15) is 11.1 Å². The molecular weight excluding hydrogens is 483 g/mol. The summed E-state index contributed by atoms with van der Waals surface area (Å²) >= 11 is 11.9. The van der Waals surface area contributed by atoms with E-state index in [4.69, 9.17) is 23.2 Å². The molecule has 0 atom stereocenters. The molecule has 0 saturated heterocycles. The molecule has 5 rings (SSSR count). The maximum absolute atomic E-state index is 13.2. The molecule has 33 heavy (non-hydrogen) atoms. The summed E-state index contributed by atoms with van der Waals surface area (Å²) in [5.74, 6) is 0.156. The van der Waals surface area contributed by atoms with Crippen LogP contribution >= 0.6 is 23.2 Å². The lowest BCUT2D eigenvalue weighted by Gasteiger charge is -2.29. The van der Waals surface area contributed by atoms with Gasteiger partial charge in [-0.2, -0.15) is 4.31 Å². The van der Waals surface area contributed by atoms with Crippen molar-refractivity contribution in [2.24, 2.45) is 0 Å². The third kappa shape index (κ3) is 4.11. The number of nitrogens with zero attached hydrogens (tertiary/aromatic N) is 3. The summed E-state index contributed by atoms with van der Waals surface area (Å²) in [6.45, 7) is 0.351. The Hall–Kier alpha value is -2.91. The molecule has 3 heterocycles. The summed E-state index contributed by atoms with van der Waals surface area (Å²) in [5, 5.41) is 14.6. The van der Waals surface area contributed by atoms with Crippen molar-refractivity contribution in [1.29, 1.82) is 0 Å². The number of benzene rings is 2. The number of aromatic nitrogens is 2. The van der Waals surface area contributed by atoms with Gasteiger partial charge in [-0.05, 0) is 42.3 Å². The predicted molar refractivity (Wildman–Crippen MR) is 129 cm³/mol. The Kier molecular flexibility index (Phi) is 5.62. The minimum Gasteiger partial charge on any atom is -0.505 e. The maximum Gasteiger partial charge on any atom is 0.247 e. The fourth-order valence-electron chi connectivity index (χ4n) is 3.93. The van der Waals surface area contributed by atoms with Crippen molar-refractivity contribution >= 4 is 55.6 Å². The number of fused-ring (bicyclic) bond motifs is 2. The van der Waals surface area contributed by atoms with E-state index in [1.54, 1.807) is 18.5 Å². The summed E-state index contributed by atoms with van der Waals surface area (Å²) in [4.78, 5) is 8.63. The van der Waals surface area contributed by atoms with Crippen LogP contribution in [0.25, 0.3) is 10.9 Å². The number of para-hydroxylation sites is 1. The first-order valence-corrected chi connectivity index (χ1v) is 12.3. The molecule has 7 nitrogen and oxygen atoms in total. The predicted octanol–water partition coefficient (Wildman–Crippen LogP) is 5.13. The first-order chi connectivity index (χ1) is 15.8. The second-order valence-corrected chi connectivity index (χ2v) is 10.4. The largest absolute Gasteiger partial charge is 0.505 e. The Morgan fingerprint density at radius 3 is 2.73 bits per heavy atom. The van der Waals surface area contributed by atoms with Crippen molar-refractivity contribution in [2.45, 2.75) is 17.9 Å². The van der Waals surface area contributed by atoms with Crippen LogP contribution in [0, 0.1) is 0 Å². The monoisotopic (exact) mass is 500 g/mol. The third-order valence-electron chi connectivity index (χ3n) is 5.57. The highest BCUT2D eigenvalue weighted by molar-refractivity contribution is 7.89. The van der Waals surface area contributed by atoms with E-state index >= 15 is 0 Å². The summed E-state index contributed by atoms with van der Waals surface area (Å²) < 4.78 is 27.8. The summed E-state index contributed by atoms with van der Waals surface area (Å²) in [7, 11) is -4.01. The van der Waals surface area contributed by atoms with E-state index in [-0.39, 0.29) is 28.0 Å². The van der Waals surface area contributed by atoms with Gasteiger partial charge >= 0.3 is 0 Å². The molecule has 0 amide bonds. The van der Waals surface area contributed by atoms with E-state index in [1.165, 1.54) is 16.4 Å². The lowest BCUT2D eigenvalue weighted by Crippen LogP contribution is -2.36. The number of sulfonamides is 1. The van der Waals surface area contributed by atoms with E-state index in [0.717, 1.165) is 27.7 Å². The molecule has 10 heteroatoms. The molecule has 0 spiro atoms. The normalized spacial score (nSPS) is 14.2. The number of phenolic OH excluding ortho intramolecular Hbond substituents is 1. The SMILES string of the molecule is O=S(=O)(c1cc(Cl)cc(Cl)c1O)N1CCc2c(ccnc2Nc2cnc3ccccc3c2)C1. The average Bonchev–Trinajstić information content (AvgIpc) is 2.81. The highest BCUT2D eigenvalue weighted by atomic mass is 35.5. The Balaban J connectivity index is 1.44. The number of anilines is 2. The number of pyridine rings is 2. The van der Waals surface area contributed by atoms with Crippen LogP contribution in [0.3, 0.4) is 0 Å². The van der Waals surface area contributed by atoms with E-state index in [9.17, 15) is 13.5 Å². The van der Waals surface area contributed by atoms with Gasteiger partial charge in [-0.15, -0.1) is 0 Å². The van der Waals surface area contributed by atoms with Crippen LogP contribution in [0.2, 0.25) is 10.0 Å². The Morgan fingerprint density at radius 1 is 1.06 bits per heavy atom. The number of halogens is 2. The molecule has 0 fully saturated rings. The summed E-state index contributed by atoms with van der Waals surface area (Å²) in [6.07, 6.45) is 3.83. The Morgan fingerprint density at radius 2 is 1.88 bits per heavy atom. The molecule has 2 N–H and O–H groups in total. The van der Waals surface area contributed by atoms with Gasteiger partial charge in [0.1, 0.15) is 10.7 Å². The fourth-order valence-corrected chi connectivity index (χ4v) is 6.10. The minimum absolute atomic E-state index is 0.113. The maximum atomic E-state index is 13.2. The zero-order chi connectivity index (χ0) is 23.2. The first-order valence-electron chi connectivity index (χ1n) is 10.1. The molecule has 1 aliphatic heterocycles. The number of phenols is 1. The van der Waals surface area contributed by atoms with Gasteiger partial charge in [0.2, 0.25) is 10.0 Å². The molecule has 2 aromatic carbocycles. The van der Waals surface area contributed by atoms with Crippen LogP contribution in [-0.2, 0) is 23.0 Å². The summed E-state index contributed by atoms with van der Waals surface area (Å²) in [6, 6.07) is 14.1. The minimum atomic E-state index is -4.01. The second-order valence-electron chi connectivity index (χ2n) is 7.66. The van der Waals surface area contributed by atoms with Gasteiger partial charge in [0, 0.05) is 35.3 Å². The number of nitrogens with one attached hydrogen (secondary N) is 1. The molecule has 0 bridgehead atoms. The highest BCUT2D eigenvalue weighted by Gasteiger charge is 2.32. The molecular formula is C23H18Cl2N4O3S. The molecule has 0 saturated carbocycles. The topological polar surface area (TPSA) is 95.4 Å².